The highest BCUT2D eigenvalue weighted by Crippen LogP contribution is 2.40. The van der Waals surface area contributed by atoms with E-state index in [1.165, 1.54) is 78.1 Å². The number of nitrogens with two attached hydrogens (primary N) is 1. The van der Waals surface area contributed by atoms with E-state index in [4.69, 9.17) is 5.73 Å². The molecule has 39 heavy (non-hydrogen) atoms. The molecule has 0 bridgehead atoms. The standard InChI is InChI=1S/C34H45N5/c1-24-7-6-8-25(21-24)30(17-19-36-28-14-12-27(35)13-15-28)32-23-39(29-9-4-3-5-10-29)34-16-11-26(22-31(32)34)33-18-20-37-38(33)2/h6-8,11,16,18,20-23,27-30,36H,3-5,9-10,12-15,17,19,35H2,1-2H3. The summed E-state index contributed by atoms with van der Waals surface area (Å²) in [5.74, 6) is 0.345. The van der Waals surface area contributed by atoms with Gasteiger partial charge in [0.15, 0.2) is 0 Å². The lowest BCUT2D eigenvalue weighted by Crippen LogP contribution is -2.38. The number of aryl methyl sites for hydroxylation is 2. The molecule has 0 spiro atoms. The Bertz CT molecular complexity index is 1380. The van der Waals surface area contributed by atoms with Crippen LogP contribution in [0.25, 0.3) is 22.2 Å². The summed E-state index contributed by atoms with van der Waals surface area (Å²) in [5, 5.41) is 9.76. The van der Waals surface area contributed by atoms with Crippen LogP contribution in [-0.2, 0) is 7.05 Å². The van der Waals surface area contributed by atoms with Gasteiger partial charge in [-0.15, -0.1) is 0 Å². The van der Waals surface area contributed by atoms with E-state index >= 15 is 0 Å². The predicted octanol–water partition coefficient (Wildman–Crippen LogP) is 7.24. The van der Waals surface area contributed by atoms with Crippen LogP contribution in [0.3, 0.4) is 0 Å². The minimum absolute atomic E-state index is 0.345. The number of nitrogens with one attached hydrogen (secondary N) is 1. The van der Waals surface area contributed by atoms with Crippen LogP contribution in [0.2, 0.25) is 0 Å². The average molecular weight is 524 g/mol. The minimum Gasteiger partial charge on any atom is -0.344 e. The van der Waals surface area contributed by atoms with E-state index in [0.29, 0.717) is 24.0 Å². The topological polar surface area (TPSA) is 60.8 Å². The lowest BCUT2D eigenvalue weighted by molar-refractivity contribution is 0.340. The summed E-state index contributed by atoms with van der Waals surface area (Å²) in [6.07, 6.45) is 16.8. The number of benzene rings is 2. The quantitative estimate of drug-likeness (QED) is 0.256. The van der Waals surface area contributed by atoms with Crippen LogP contribution in [0.4, 0.5) is 0 Å². The second-order valence-corrected chi connectivity index (χ2v) is 12.2. The van der Waals surface area contributed by atoms with E-state index in [1.54, 1.807) is 0 Å². The van der Waals surface area contributed by atoms with E-state index in [-0.39, 0.29) is 0 Å². The van der Waals surface area contributed by atoms with E-state index in [0.717, 1.165) is 31.5 Å². The van der Waals surface area contributed by atoms with Crippen LogP contribution in [0.1, 0.15) is 92.9 Å². The van der Waals surface area contributed by atoms with Gasteiger partial charge in [0.05, 0.1) is 5.69 Å². The molecule has 1 atom stereocenters. The van der Waals surface area contributed by atoms with Gasteiger partial charge in [-0.1, -0.05) is 55.2 Å². The third-order valence-electron chi connectivity index (χ3n) is 9.41. The third-order valence-corrected chi connectivity index (χ3v) is 9.41. The van der Waals surface area contributed by atoms with Crippen LogP contribution >= 0.6 is 0 Å². The summed E-state index contributed by atoms with van der Waals surface area (Å²) in [6, 6.07) is 20.0. The van der Waals surface area contributed by atoms with Crippen molar-refractivity contribution in [3.05, 3.63) is 77.6 Å². The van der Waals surface area contributed by atoms with Gasteiger partial charge in [0.2, 0.25) is 0 Å². The summed E-state index contributed by atoms with van der Waals surface area (Å²) in [5.41, 5.74) is 14.2. The van der Waals surface area contributed by atoms with Gasteiger partial charge in [-0.2, -0.15) is 5.10 Å². The van der Waals surface area contributed by atoms with Gasteiger partial charge in [-0.25, -0.2) is 0 Å². The lowest BCUT2D eigenvalue weighted by Gasteiger charge is -2.28. The van der Waals surface area contributed by atoms with Gasteiger partial charge in [-0.3, -0.25) is 4.68 Å². The Labute approximate surface area is 233 Å². The van der Waals surface area contributed by atoms with E-state index in [2.05, 4.69) is 76.6 Å². The van der Waals surface area contributed by atoms with Gasteiger partial charge >= 0.3 is 0 Å². The zero-order valence-electron chi connectivity index (χ0n) is 23.8. The first kappa shape index (κ1) is 26.3. The monoisotopic (exact) mass is 523 g/mol. The number of rotatable bonds is 8. The van der Waals surface area contributed by atoms with Crippen molar-refractivity contribution in [2.24, 2.45) is 12.8 Å². The smallest absolute Gasteiger partial charge is 0.0679 e. The molecule has 206 valence electrons. The first-order valence-corrected chi connectivity index (χ1v) is 15.2. The molecule has 4 aromatic rings. The fraction of sp³-hybridized carbons (Fsp3) is 0.500. The first-order valence-electron chi connectivity index (χ1n) is 15.2. The molecule has 2 heterocycles. The Hall–Kier alpha value is -2.89. The molecule has 2 fully saturated rings. The SMILES string of the molecule is Cc1cccc(C(CCNC2CCC(N)CC2)c2cn(C3CCCCC3)c3ccc(-c4ccnn4C)cc23)c1. The molecule has 0 radical (unpaired) electrons. The summed E-state index contributed by atoms with van der Waals surface area (Å²) in [4.78, 5) is 0. The normalized spacial score (nSPS) is 21.4. The maximum absolute atomic E-state index is 6.18. The zero-order chi connectivity index (χ0) is 26.8. The molecule has 5 nitrogen and oxygen atoms in total. The summed E-state index contributed by atoms with van der Waals surface area (Å²) in [7, 11) is 2.03. The number of hydrogen-bond donors (Lipinski definition) is 2. The largest absolute Gasteiger partial charge is 0.344 e. The van der Waals surface area contributed by atoms with Crippen molar-refractivity contribution >= 4 is 10.9 Å². The lowest BCUT2D eigenvalue weighted by atomic mass is 9.86. The van der Waals surface area contributed by atoms with Crippen LogP contribution in [0.15, 0.2) is 60.9 Å². The maximum atomic E-state index is 6.18. The molecular formula is C34H45N5. The first-order chi connectivity index (χ1) is 19.1. The Morgan fingerprint density at radius 2 is 1.79 bits per heavy atom. The summed E-state index contributed by atoms with van der Waals surface area (Å²) >= 11 is 0. The molecule has 2 aliphatic carbocycles. The summed E-state index contributed by atoms with van der Waals surface area (Å²) in [6.45, 7) is 3.24. The maximum Gasteiger partial charge on any atom is 0.0679 e. The third kappa shape index (κ3) is 5.71. The number of aromatic nitrogens is 3. The molecular weight excluding hydrogens is 478 g/mol. The fourth-order valence-corrected chi connectivity index (χ4v) is 7.18. The van der Waals surface area contributed by atoms with Crippen LogP contribution in [0, 0.1) is 6.92 Å². The summed E-state index contributed by atoms with van der Waals surface area (Å²) < 4.78 is 4.62. The van der Waals surface area contributed by atoms with Gasteiger partial charge in [0.25, 0.3) is 0 Å². The molecule has 2 aliphatic rings. The average Bonchev–Trinajstić information content (AvgIpc) is 3.56. The van der Waals surface area contributed by atoms with Crippen molar-refractivity contribution in [2.75, 3.05) is 6.54 Å². The van der Waals surface area contributed by atoms with Crippen molar-refractivity contribution in [2.45, 2.75) is 95.2 Å². The highest BCUT2D eigenvalue weighted by atomic mass is 15.3. The van der Waals surface area contributed by atoms with E-state index in [9.17, 15) is 0 Å². The second kappa shape index (κ2) is 11.7. The fourth-order valence-electron chi connectivity index (χ4n) is 7.18. The molecule has 5 heteroatoms. The number of nitrogens with zero attached hydrogens (tertiary/aromatic N) is 3. The van der Waals surface area contributed by atoms with Crippen LogP contribution in [-0.4, -0.2) is 33.0 Å². The van der Waals surface area contributed by atoms with Gasteiger partial charge in [0.1, 0.15) is 0 Å². The number of hydrogen-bond acceptors (Lipinski definition) is 3. The van der Waals surface area contributed by atoms with E-state index in [1.807, 2.05) is 17.9 Å². The molecule has 2 aromatic heterocycles. The molecule has 6 rings (SSSR count). The molecule has 0 amide bonds. The minimum atomic E-state index is 0.345. The van der Waals surface area contributed by atoms with Crippen molar-refractivity contribution < 1.29 is 0 Å². The van der Waals surface area contributed by atoms with Gasteiger partial charge in [-0.05, 0) is 87.7 Å². The molecule has 0 aliphatic heterocycles. The molecule has 2 saturated carbocycles. The van der Waals surface area contributed by atoms with Crippen LogP contribution in [0.5, 0.6) is 0 Å². The molecule has 2 aromatic carbocycles. The highest BCUT2D eigenvalue weighted by molar-refractivity contribution is 5.89. The highest BCUT2D eigenvalue weighted by Gasteiger charge is 2.25. The van der Waals surface area contributed by atoms with Gasteiger partial charge < -0.3 is 15.6 Å². The Morgan fingerprint density at radius 1 is 0.974 bits per heavy atom. The van der Waals surface area contributed by atoms with Crippen molar-refractivity contribution in [1.29, 1.82) is 0 Å². The molecule has 0 saturated heterocycles. The number of fused-ring (bicyclic) bond motifs is 1. The zero-order valence-corrected chi connectivity index (χ0v) is 23.8. The Morgan fingerprint density at radius 3 is 2.54 bits per heavy atom. The Balaban J connectivity index is 1.40. The Kier molecular flexibility index (Phi) is 7.90. The second-order valence-electron chi connectivity index (χ2n) is 12.2. The van der Waals surface area contributed by atoms with Crippen molar-refractivity contribution in [3.8, 4) is 11.3 Å². The molecule has 1 unspecified atom stereocenters. The van der Waals surface area contributed by atoms with Crippen molar-refractivity contribution in [3.63, 3.8) is 0 Å². The predicted molar refractivity (Wildman–Crippen MR) is 162 cm³/mol. The van der Waals surface area contributed by atoms with Crippen LogP contribution < -0.4 is 11.1 Å². The molecule has 3 N–H and O–H groups in total. The van der Waals surface area contributed by atoms with E-state index < -0.39 is 0 Å². The van der Waals surface area contributed by atoms with Gasteiger partial charge in [0, 0.05) is 60.0 Å². The van der Waals surface area contributed by atoms with Crippen molar-refractivity contribution in [1.82, 2.24) is 19.7 Å².